The number of hydrogen-bond donors (Lipinski definition) is 1. The van der Waals surface area contributed by atoms with Crippen LogP contribution in [0, 0.1) is 0 Å². The number of carbonyl (C=O) groups excluding carboxylic acids is 1. The van der Waals surface area contributed by atoms with Crippen LogP contribution in [0.25, 0.3) is 5.83 Å². The molecule has 2 rings (SSSR count). The SMILES string of the molecule is COC(CS(=O)CC(F)(F)F)NC(=O)c1ccc(/C(F)=C/C(c2cc(Cl)c(Cl)c(Cl)c2)C(F)(F)F)cc1C(F)(F)F. The number of methoxy groups -OCH3 is 1. The van der Waals surface area contributed by atoms with Crippen molar-refractivity contribution < 1.29 is 57.6 Å². The summed E-state index contributed by atoms with van der Waals surface area (Å²) in [6, 6.07) is 2.59. The molecule has 0 aromatic heterocycles. The Bertz CT molecular complexity index is 1310. The van der Waals surface area contributed by atoms with E-state index in [2.05, 4.69) is 4.74 Å². The van der Waals surface area contributed by atoms with Crippen LogP contribution in [0.3, 0.4) is 0 Å². The van der Waals surface area contributed by atoms with E-state index in [9.17, 15) is 52.9 Å². The Labute approximate surface area is 243 Å². The molecule has 3 atom stereocenters. The van der Waals surface area contributed by atoms with Crippen molar-refractivity contribution in [2.24, 2.45) is 0 Å². The molecule has 1 N–H and O–H groups in total. The number of nitrogens with one attached hydrogen (secondary N) is 1. The molecule has 0 aliphatic carbocycles. The lowest BCUT2D eigenvalue weighted by Gasteiger charge is -2.20. The second kappa shape index (κ2) is 13.5. The highest BCUT2D eigenvalue weighted by atomic mass is 35.5. The first-order valence-corrected chi connectivity index (χ1v) is 13.3. The lowest BCUT2D eigenvalue weighted by molar-refractivity contribution is -0.140. The number of amides is 1. The van der Waals surface area contributed by atoms with E-state index in [1.807, 2.05) is 5.32 Å². The fourth-order valence-corrected chi connectivity index (χ4v) is 4.96. The van der Waals surface area contributed by atoms with Crippen LogP contribution in [0.2, 0.25) is 15.1 Å². The number of halogens is 13. The van der Waals surface area contributed by atoms with Gasteiger partial charge < -0.3 is 10.1 Å². The summed E-state index contributed by atoms with van der Waals surface area (Å²) in [7, 11) is -1.74. The van der Waals surface area contributed by atoms with Gasteiger partial charge in [-0.15, -0.1) is 0 Å². The standard InChI is InChI=1S/C23H16Cl3F10NO3S/c1-40-18(8-41(39)9-21(28,29)30)37-20(38)12-3-2-10(4-14(12)23(34,35)36)17(27)7-13(22(31,32)33)11-5-15(24)19(26)16(25)6-11/h2-7,13,18H,8-9H2,1H3,(H,37,38)/b17-7-. The van der Waals surface area contributed by atoms with Gasteiger partial charge in [0.15, 0.2) is 0 Å². The normalized spacial score (nSPS) is 15.4. The minimum atomic E-state index is -5.34. The van der Waals surface area contributed by atoms with Gasteiger partial charge in [0.1, 0.15) is 23.7 Å². The lowest BCUT2D eigenvalue weighted by atomic mass is 9.95. The Kier molecular flexibility index (Phi) is 11.6. The number of allylic oxidation sites excluding steroid dienone is 1. The van der Waals surface area contributed by atoms with E-state index in [-0.39, 0.29) is 17.2 Å². The van der Waals surface area contributed by atoms with Gasteiger partial charge in [-0.1, -0.05) is 40.9 Å². The van der Waals surface area contributed by atoms with E-state index in [1.165, 1.54) is 0 Å². The van der Waals surface area contributed by atoms with Gasteiger partial charge in [-0.3, -0.25) is 9.00 Å². The minimum absolute atomic E-state index is 0.0257. The maximum Gasteiger partial charge on any atom is 0.417 e. The monoisotopic (exact) mass is 681 g/mol. The van der Waals surface area contributed by atoms with Gasteiger partial charge in [-0.2, -0.15) is 39.5 Å². The molecule has 1 amide bonds. The van der Waals surface area contributed by atoms with Gasteiger partial charge in [0.05, 0.1) is 31.9 Å². The summed E-state index contributed by atoms with van der Waals surface area (Å²) in [5, 5.41) is 0.752. The predicted octanol–water partition coefficient (Wildman–Crippen LogP) is 8.34. The molecule has 228 valence electrons. The van der Waals surface area contributed by atoms with Crippen LogP contribution in [0.1, 0.15) is 33.0 Å². The van der Waals surface area contributed by atoms with Crippen LogP contribution in [0.4, 0.5) is 43.9 Å². The van der Waals surface area contributed by atoms with Crippen molar-refractivity contribution in [2.75, 3.05) is 18.6 Å². The molecule has 4 nitrogen and oxygen atoms in total. The van der Waals surface area contributed by atoms with Crippen LogP contribution in [-0.2, 0) is 21.7 Å². The number of ether oxygens (including phenoxy) is 1. The third-order valence-corrected chi connectivity index (χ3v) is 7.64. The summed E-state index contributed by atoms with van der Waals surface area (Å²) < 4.78 is 151. The van der Waals surface area contributed by atoms with E-state index in [0.717, 1.165) is 19.2 Å². The zero-order valence-corrected chi connectivity index (χ0v) is 23.2. The first-order chi connectivity index (χ1) is 18.6. The van der Waals surface area contributed by atoms with E-state index < -0.39 is 97.0 Å². The molecule has 0 saturated carbocycles. The zero-order chi connectivity index (χ0) is 31.5. The number of alkyl halides is 9. The van der Waals surface area contributed by atoms with Crippen LogP contribution in [0.15, 0.2) is 36.4 Å². The van der Waals surface area contributed by atoms with Crippen molar-refractivity contribution in [3.8, 4) is 0 Å². The van der Waals surface area contributed by atoms with Crippen molar-refractivity contribution in [1.82, 2.24) is 5.32 Å². The highest BCUT2D eigenvalue weighted by Gasteiger charge is 2.41. The number of rotatable bonds is 9. The molecule has 0 radical (unpaired) electrons. The third-order valence-electron chi connectivity index (χ3n) is 5.11. The molecular weight excluding hydrogens is 667 g/mol. The summed E-state index contributed by atoms with van der Waals surface area (Å²) in [6.45, 7) is 0. The Balaban J connectivity index is 2.46. The molecule has 0 aliphatic rings. The molecule has 0 fully saturated rings. The molecule has 18 heteroatoms. The molecule has 41 heavy (non-hydrogen) atoms. The van der Waals surface area contributed by atoms with Gasteiger partial charge in [-0.05, 0) is 35.9 Å². The largest absolute Gasteiger partial charge is 0.417 e. The summed E-state index contributed by atoms with van der Waals surface area (Å²) >= 11 is 17.2. The number of benzene rings is 2. The van der Waals surface area contributed by atoms with Crippen LogP contribution in [-0.4, -0.2) is 47.3 Å². The van der Waals surface area contributed by atoms with Crippen LogP contribution < -0.4 is 5.32 Å². The van der Waals surface area contributed by atoms with Gasteiger partial charge in [-0.25, -0.2) is 4.39 Å². The Morgan fingerprint density at radius 3 is 2.02 bits per heavy atom. The molecule has 0 saturated heterocycles. The lowest BCUT2D eigenvalue weighted by Crippen LogP contribution is -2.41. The van der Waals surface area contributed by atoms with Crippen LogP contribution in [0.5, 0.6) is 0 Å². The van der Waals surface area contributed by atoms with E-state index in [0.29, 0.717) is 12.1 Å². The maximum atomic E-state index is 15.0. The topological polar surface area (TPSA) is 55.4 Å². The van der Waals surface area contributed by atoms with Crippen molar-refractivity contribution in [2.45, 2.75) is 30.7 Å². The average Bonchev–Trinajstić information content (AvgIpc) is 2.82. The molecule has 0 aliphatic heterocycles. The predicted molar refractivity (Wildman–Crippen MR) is 133 cm³/mol. The minimum Gasteiger partial charge on any atom is -0.361 e. The van der Waals surface area contributed by atoms with Gasteiger partial charge in [0.2, 0.25) is 0 Å². The molecule has 2 aromatic carbocycles. The number of hydrogen-bond acceptors (Lipinski definition) is 3. The van der Waals surface area contributed by atoms with Crippen molar-refractivity contribution in [1.29, 1.82) is 0 Å². The first kappa shape index (κ1) is 35.1. The number of carbonyl (C=O) groups is 1. The molecule has 0 spiro atoms. The van der Waals surface area contributed by atoms with E-state index >= 15 is 0 Å². The van der Waals surface area contributed by atoms with Gasteiger partial charge in [0.25, 0.3) is 5.91 Å². The Morgan fingerprint density at radius 1 is 1.00 bits per heavy atom. The fourth-order valence-electron chi connectivity index (χ4n) is 3.31. The Hall–Kier alpha value is -2.07. The first-order valence-electron chi connectivity index (χ1n) is 10.7. The maximum absolute atomic E-state index is 15.0. The molecule has 3 unspecified atom stereocenters. The van der Waals surface area contributed by atoms with E-state index in [1.54, 1.807) is 0 Å². The second-order valence-electron chi connectivity index (χ2n) is 8.15. The van der Waals surface area contributed by atoms with Crippen LogP contribution >= 0.6 is 34.8 Å². The zero-order valence-electron chi connectivity index (χ0n) is 20.1. The second-order valence-corrected chi connectivity index (χ2v) is 10.8. The van der Waals surface area contributed by atoms with Crippen molar-refractivity contribution in [3.05, 3.63) is 73.7 Å². The van der Waals surface area contributed by atoms with Crippen molar-refractivity contribution >= 4 is 57.3 Å². The molecular formula is C23H16Cl3F10NO3S. The van der Waals surface area contributed by atoms with Gasteiger partial charge >= 0.3 is 18.5 Å². The summed E-state index contributed by atoms with van der Waals surface area (Å²) in [4.78, 5) is 12.5. The third kappa shape index (κ3) is 10.0. The fraction of sp³-hybridized carbons (Fsp3) is 0.348. The molecule has 0 bridgehead atoms. The quantitative estimate of drug-likeness (QED) is 0.164. The summed E-state index contributed by atoms with van der Waals surface area (Å²) in [5.41, 5.74) is -4.62. The van der Waals surface area contributed by atoms with Crippen molar-refractivity contribution in [3.63, 3.8) is 0 Å². The van der Waals surface area contributed by atoms with E-state index in [4.69, 9.17) is 34.8 Å². The summed E-state index contributed by atoms with van der Waals surface area (Å²) in [6.07, 6.45) is -17.1. The molecule has 2 aromatic rings. The highest BCUT2D eigenvalue weighted by molar-refractivity contribution is 7.85. The Morgan fingerprint density at radius 2 is 1.56 bits per heavy atom. The van der Waals surface area contributed by atoms with Gasteiger partial charge in [0, 0.05) is 23.5 Å². The highest BCUT2D eigenvalue weighted by Crippen LogP contribution is 2.42. The summed E-state index contributed by atoms with van der Waals surface area (Å²) in [5.74, 6) is -8.75. The molecule has 0 heterocycles. The average molecular weight is 683 g/mol. The smallest absolute Gasteiger partial charge is 0.361 e.